The quantitative estimate of drug-likeness (QED) is 0.320. The molecule has 1 heterocycles. The van der Waals surface area contributed by atoms with Gasteiger partial charge in [-0.3, -0.25) is 0 Å². The van der Waals surface area contributed by atoms with Crippen LogP contribution in [0.2, 0.25) is 0 Å². The van der Waals surface area contributed by atoms with E-state index in [0.29, 0.717) is 0 Å². The van der Waals surface area contributed by atoms with Crippen molar-refractivity contribution in [3.05, 3.63) is 16.7 Å². The SMILES string of the molecule is O=[N+]([O-])C1=N[C]CO1. The van der Waals surface area contributed by atoms with Gasteiger partial charge in [-0.1, -0.05) is 0 Å². The normalized spacial score (nSPS) is 17.2. The van der Waals surface area contributed by atoms with Crippen LogP contribution in [-0.2, 0) is 4.74 Å². The molecule has 5 nitrogen and oxygen atoms in total. The third kappa shape index (κ3) is 0.749. The van der Waals surface area contributed by atoms with Gasteiger partial charge in [-0.05, 0) is 4.99 Å². The lowest BCUT2D eigenvalue weighted by atomic mass is 10.8. The van der Waals surface area contributed by atoms with Crippen LogP contribution < -0.4 is 0 Å². The molecule has 0 saturated heterocycles. The molecule has 0 saturated carbocycles. The molecule has 0 N–H and O–H groups in total. The third-order valence-corrected chi connectivity index (χ3v) is 0.597. The first-order chi connectivity index (χ1) is 3.80. The first kappa shape index (κ1) is 5.02. The molecule has 42 valence electrons. The first-order valence-corrected chi connectivity index (χ1v) is 1.88. The summed E-state index contributed by atoms with van der Waals surface area (Å²) in [6.07, 6.45) is 0. The van der Waals surface area contributed by atoms with E-state index in [1.54, 1.807) is 0 Å². The van der Waals surface area contributed by atoms with Crippen molar-refractivity contribution in [3.8, 4) is 0 Å². The molecular formula is C3H2N2O3. The Hall–Kier alpha value is -1.13. The molecule has 0 unspecified atom stereocenters. The van der Waals surface area contributed by atoms with Crippen LogP contribution in [0.25, 0.3) is 0 Å². The number of amidine groups is 1. The zero-order chi connectivity index (χ0) is 5.98. The fourth-order valence-corrected chi connectivity index (χ4v) is 0.323. The highest BCUT2D eigenvalue weighted by Gasteiger charge is 2.21. The maximum Gasteiger partial charge on any atom is 0.536 e. The zero-order valence-electron chi connectivity index (χ0n) is 3.83. The lowest BCUT2D eigenvalue weighted by molar-refractivity contribution is -0.372. The van der Waals surface area contributed by atoms with E-state index in [-0.39, 0.29) is 6.61 Å². The van der Waals surface area contributed by atoms with Gasteiger partial charge in [0.2, 0.25) is 0 Å². The molecule has 1 aliphatic heterocycles. The summed E-state index contributed by atoms with van der Waals surface area (Å²) < 4.78 is 4.35. The summed E-state index contributed by atoms with van der Waals surface area (Å²) in [7, 11) is 0. The van der Waals surface area contributed by atoms with Crippen LogP contribution in [-0.4, -0.2) is 17.6 Å². The van der Waals surface area contributed by atoms with Gasteiger partial charge in [-0.25, -0.2) is 0 Å². The number of nitro groups is 1. The summed E-state index contributed by atoms with van der Waals surface area (Å²) in [5.74, 6) is 0. The van der Waals surface area contributed by atoms with Crippen LogP contribution in [0, 0.1) is 16.7 Å². The van der Waals surface area contributed by atoms with Crippen LogP contribution >= 0.6 is 0 Å². The van der Waals surface area contributed by atoms with E-state index >= 15 is 0 Å². The molecule has 0 atom stereocenters. The number of ether oxygens (including phenoxy) is 1. The Kier molecular flexibility index (Phi) is 1.11. The van der Waals surface area contributed by atoms with E-state index in [1.807, 2.05) is 0 Å². The van der Waals surface area contributed by atoms with Gasteiger partial charge in [0.15, 0.2) is 6.61 Å². The fraction of sp³-hybridized carbons (Fsp3) is 0.333. The number of hydrogen-bond acceptors (Lipinski definition) is 4. The molecule has 1 rings (SSSR count). The molecule has 0 aromatic rings. The van der Waals surface area contributed by atoms with E-state index in [4.69, 9.17) is 0 Å². The lowest BCUT2D eigenvalue weighted by Gasteiger charge is -1.88. The van der Waals surface area contributed by atoms with Crippen molar-refractivity contribution in [2.75, 3.05) is 6.61 Å². The smallest absolute Gasteiger partial charge is 0.420 e. The second-order valence-corrected chi connectivity index (χ2v) is 1.10. The van der Waals surface area contributed by atoms with Gasteiger partial charge in [0.25, 0.3) is 6.54 Å². The number of aliphatic imine (C=N–C) groups is 1. The Balaban J connectivity index is 2.57. The van der Waals surface area contributed by atoms with Gasteiger partial charge >= 0.3 is 6.02 Å². The molecule has 1 aliphatic rings. The Morgan fingerprint density at radius 3 is 3.00 bits per heavy atom. The fourth-order valence-electron chi connectivity index (χ4n) is 0.323. The molecule has 8 heavy (non-hydrogen) atoms. The zero-order valence-corrected chi connectivity index (χ0v) is 3.83. The van der Waals surface area contributed by atoms with Crippen LogP contribution in [0.5, 0.6) is 0 Å². The molecule has 0 fully saturated rings. The predicted octanol–water partition coefficient (Wildman–Crippen LogP) is -0.312. The van der Waals surface area contributed by atoms with Crippen LogP contribution in [0.3, 0.4) is 0 Å². The molecule has 2 radical (unpaired) electrons. The molecular weight excluding hydrogens is 112 g/mol. The highest BCUT2D eigenvalue weighted by atomic mass is 16.7. The second-order valence-electron chi connectivity index (χ2n) is 1.10. The van der Waals surface area contributed by atoms with Crippen LogP contribution in [0.4, 0.5) is 0 Å². The van der Waals surface area contributed by atoms with Crippen molar-refractivity contribution in [3.63, 3.8) is 0 Å². The van der Waals surface area contributed by atoms with Gasteiger partial charge in [0.05, 0.1) is 0 Å². The summed E-state index contributed by atoms with van der Waals surface area (Å²) in [6, 6.07) is -0.468. The largest absolute Gasteiger partial charge is 0.536 e. The monoisotopic (exact) mass is 114 g/mol. The topological polar surface area (TPSA) is 64.7 Å². The Bertz CT molecular complexity index is 141. The molecule has 0 aliphatic carbocycles. The summed E-state index contributed by atoms with van der Waals surface area (Å²) in [5.41, 5.74) is 0. The summed E-state index contributed by atoms with van der Waals surface area (Å²) in [4.78, 5) is 12.2. The van der Waals surface area contributed by atoms with Gasteiger partial charge in [-0.2, -0.15) is 0 Å². The molecule has 0 bridgehead atoms. The van der Waals surface area contributed by atoms with Crippen molar-refractivity contribution < 1.29 is 9.66 Å². The molecule has 0 amide bonds. The molecule has 0 spiro atoms. The van der Waals surface area contributed by atoms with Crippen molar-refractivity contribution in [2.24, 2.45) is 4.99 Å². The van der Waals surface area contributed by atoms with E-state index in [1.165, 1.54) is 0 Å². The van der Waals surface area contributed by atoms with Crippen LogP contribution in [0.1, 0.15) is 0 Å². The van der Waals surface area contributed by atoms with E-state index in [2.05, 4.69) is 16.3 Å². The van der Waals surface area contributed by atoms with Crippen molar-refractivity contribution in [1.29, 1.82) is 0 Å². The molecule has 5 heteroatoms. The number of hydrogen-bond donors (Lipinski definition) is 0. The number of rotatable bonds is 0. The molecule has 0 aromatic heterocycles. The van der Waals surface area contributed by atoms with Crippen molar-refractivity contribution >= 4 is 6.02 Å². The van der Waals surface area contributed by atoms with Crippen molar-refractivity contribution in [2.45, 2.75) is 0 Å². The highest BCUT2D eigenvalue weighted by Crippen LogP contribution is 1.97. The van der Waals surface area contributed by atoms with Gasteiger partial charge < -0.3 is 14.9 Å². The highest BCUT2D eigenvalue weighted by molar-refractivity contribution is 5.66. The first-order valence-electron chi connectivity index (χ1n) is 1.88. The Morgan fingerprint density at radius 2 is 2.75 bits per heavy atom. The Morgan fingerprint density at radius 1 is 2.00 bits per heavy atom. The summed E-state index contributed by atoms with van der Waals surface area (Å²) in [6.45, 7) is 2.37. The minimum absolute atomic E-state index is 0.0936. The maximum atomic E-state index is 9.71. The third-order valence-electron chi connectivity index (χ3n) is 0.597. The Labute approximate surface area is 45.1 Å². The molecule has 0 aromatic carbocycles. The van der Waals surface area contributed by atoms with E-state index in [9.17, 15) is 10.1 Å². The standard InChI is InChI=1S/C3H2N2O3/c6-5(7)3-4-1-2-8-3/h2H2. The second kappa shape index (κ2) is 1.77. The summed E-state index contributed by atoms with van der Waals surface area (Å²) in [5, 5.41) is 9.71. The van der Waals surface area contributed by atoms with Crippen LogP contribution in [0.15, 0.2) is 4.99 Å². The van der Waals surface area contributed by atoms with Gasteiger partial charge in [-0.15, -0.1) is 0 Å². The minimum atomic E-state index is -0.694. The van der Waals surface area contributed by atoms with Crippen molar-refractivity contribution in [1.82, 2.24) is 0 Å². The summed E-state index contributed by atoms with van der Waals surface area (Å²) >= 11 is 0. The maximum absolute atomic E-state index is 9.71. The minimum Gasteiger partial charge on any atom is -0.420 e. The lowest BCUT2D eigenvalue weighted by Crippen LogP contribution is -2.10. The van der Waals surface area contributed by atoms with Gasteiger partial charge in [0, 0.05) is 4.92 Å². The predicted molar refractivity (Wildman–Crippen MR) is 23.6 cm³/mol. The number of nitrogens with zero attached hydrogens (tertiary/aromatic N) is 2. The van der Waals surface area contributed by atoms with E-state index in [0.717, 1.165) is 0 Å². The average molecular weight is 114 g/mol. The van der Waals surface area contributed by atoms with E-state index < -0.39 is 10.9 Å². The van der Waals surface area contributed by atoms with Gasteiger partial charge in [0.1, 0.15) is 0 Å². The average Bonchev–Trinajstić information content (AvgIpc) is 2.12.